The first-order valence-corrected chi connectivity index (χ1v) is 17.9. The van der Waals surface area contributed by atoms with Gasteiger partial charge in [0.2, 0.25) is 0 Å². The summed E-state index contributed by atoms with van der Waals surface area (Å²) in [6.07, 6.45) is 1.68. The number of nitrogens with zero attached hydrogens (tertiary/aromatic N) is 3. The van der Waals surface area contributed by atoms with Crippen LogP contribution in [0.15, 0.2) is 53.3 Å². The van der Waals surface area contributed by atoms with E-state index in [1.54, 1.807) is 28.4 Å². The molecule has 1 amide bonds. The van der Waals surface area contributed by atoms with E-state index < -0.39 is 5.91 Å². The van der Waals surface area contributed by atoms with E-state index in [0.717, 1.165) is 73.4 Å². The molecule has 268 valence electrons. The lowest BCUT2D eigenvalue weighted by Crippen LogP contribution is -2.10. The van der Waals surface area contributed by atoms with Crippen molar-refractivity contribution < 1.29 is 23.7 Å². The van der Waals surface area contributed by atoms with Gasteiger partial charge in [0.1, 0.15) is 25.1 Å². The number of fused-ring (bicyclic) bond motifs is 4. The Labute approximate surface area is 307 Å². The highest BCUT2D eigenvalue weighted by molar-refractivity contribution is 7.25. The maximum Gasteiger partial charge on any atom is 0.268 e. The summed E-state index contributed by atoms with van der Waals surface area (Å²) in [6.45, 7) is 6.03. The number of nitrogens with one attached hydrogen (secondary N) is 1. The number of carbonyl (C=O) groups is 1. The Morgan fingerprint density at radius 2 is 1.27 bits per heavy atom. The first-order chi connectivity index (χ1) is 25.0. The number of methoxy groups -OCH3 is 4. The molecule has 52 heavy (non-hydrogen) atoms. The van der Waals surface area contributed by atoms with Crippen LogP contribution in [0.2, 0.25) is 0 Å². The van der Waals surface area contributed by atoms with Crippen LogP contribution >= 0.6 is 22.7 Å². The Kier molecular flexibility index (Phi) is 10.3. The van der Waals surface area contributed by atoms with E-state index in [4.69, 9.17) is 40.4 Å². The molecule has 0 atom stereocenters. The molecule has 2 aromatic carbocycles. The van der Waals surface area contributed by atoms with Gasteiger partial charge in [0.25, 0.3) is 11.5 Å². The van der Waals surface area contributed by atoms with Gasteiger partial charge in [-0.05, 0) is 79.9 Å². The molecule has 5 N–H and O–H groups in total. The van der Waals surface area contributed by atoms with E-state index in [0.29, 0.717) is 43.1 Å². The lowest BCUT2D eigenvalue weighted by atomic mass is 10.1. The smallest absolute Gasteiger partial charge is 0.268 e. The van der Waals surface area contributed by atoms with Gasteiger partial charge in [-0.1, -0.05) is 6.92 Å². The molecule has 0 saturated carbocycles. The van der Waals surface area contributed by atoms with E-state index in [1.165, 1.54) is 22.7 Å². The van der Waals surface area contributed by atoms with Crippen LogP contribution < -0.4 is 36.0 Å². The Morgan fingerprint density at radius 1 is 0.750 bits per heavy atom. The average molecular weight is 739 g/mol. The number of aromatic nitrogens is 4. The van der Waals surface area contributed by atoms with Crippen LogP contribution in [-0.2, 0) is 6.42 Å². The predicted molar refractivity (Wildman–Crippen MR) is 209 cm³/mol. The van der Waals surface area contributed by atoms with Crippen LogP contribution in [0.4, 0.5) is 5.69 Å². The van der Waals surface area contributed by atoms with Crippen LogP contribution in [0.25, 0.3) is 53.2 Å². The van der Waals surface area contributed by atoms with Crippen molar-refractivity contribution in [1.82, 2.24) is 19.9 Å². The second-order valence-corrected chi connectivity index (χ2v) is 13.9. The zero-order valence-electron chi connectivity index (χ0n) is 29.8. The number of H-pyrrole nitrogens is 1. The van der Waals surface area contributed by atoms with Gasteiger partial charge in [-0.2, -0.15) is 0 Å². The number of anilines is 1. The maximum atomic E-state index is 12.5. The molecule has 0 aliphatic carbocycles. The predicted octanol–water partition coefficient (Wildman–Crippen LogP) is 7.45. The van der Waals surface area contributed by atoms with E-state index in [-0.39, 0.29) is 5.56 Å². The van der Waals surface area contributed by atoms with Crippen molar-refractivity contribution >= 4 is 64.9 Å². The van der Waals surface area contributed by atoms with Crippen molar-refractivity contribution in [3.05, 3.63) is 80.7 Å². The minimum Gasteiger partial charge on any atom is -0.493 e. The second kappa shape index (κ2) is 14.9. The molecule has 0 fully saturated rings. The average Bonchev–Trinajstić information content (AvgIpc) is 3.69. The highest BCUT2D eigenvalue weighted by atomic mass is 32.1. The zero-order valence-corrected chi connectivity index (χ0v) is 31.4. The molecule has 7 rings (SSSR count). The number of primary amides is 1. The largest absolute Gasteiger partial charge is 0.493 e. The summed E-state index contributed by atoms with van der Waals surface area (Å²) in [5, 5.41) is 1.73. The number of amides is 1. The number of nitrogen functional groups attached to an aromatic ring is 1. The van der Waals surface area contributed by atoms with E-state index in [9.17, 15) is 9.59 Å². The Morgan fingerprint density at radius 3 is 1.77 bits per heavy atom. The van der Waals surface area contributed by atoms with Gasteiger partial charge in [-0.15, -0.1) is 22.7 Å². The lowest BCUT2D eigenvalue weighted by Gasteiger charge is -2.10. The molecule has 12 nitrogen and oxygen atoms in total. The van der Waals surface area contributed by atoms with Gasteiger partial charge in [-0.3, -0.25) is 9.59 Å². The second-order valence-electron chi connectivity index (χ2n) is 11.9. The van der Waals surface area contributed by atoms with Crippen LogP contribution in [-0.4, -0.2) is 54.3 Å². The molecule has 0 unspecified atom stereocenters. The third kappa shape index (κ3) is 6.69. The van der Waals surface area contributed by atoms with Gasteiger partial charge in [0.05, 0.1) is 51.0 Å². The van der Waals surface area contributed by atoms with Gasteiger partial charge >= 0.3 is 0 Å². The quantitative estimate of drug-likeness (QED) is 0.135. The molecule has 0 aliphatic heterocycles. The molecule has 0 spiro atoms. The molecule has 0 saturated heterocycles. The third-order valence-corrected chi connectivity index (χ3v) is 10.7. The molecule has 5 heterocycles. The van der Waals surface area contributed by atoms with Crippen molar-refractivity contribution in [3.63, 3.8) is 0 Å². The summed E-state index contributed by atoms with van der Waals surface area (Å²) in [4.78, 5) is 42.9. The van der Waals surface area contributed by atoms with Crippen LogP contribution in [0, 0.1) is 13.8 Å². The first-order valence-electron chi connectivity index (χ1n) is 16.3. The number of benzene rings is 2. The zero-order chi connectivity index (χ0) is 37.3. The number of rotatable bonds is 9. The van der Waals surface area contributed by atoms with Gasteiger partial charge in [-0.25, -0.2) is 15.0 Å². The van der Waals surface area contributed by atoms with Crippen LogP contribution in [0.1, 0.15) is 40.0 Å². The third-order valence-electron chi connectivity index (χ3n) is 8.51. The van der Waals surface area contributed by atoms with E-state index in [2.05, 4.69) is 16.9 Å². The van der Waals surface area contributed by atoms with E-state index >= 15 is 0 Å². The summed E-state index contributed by atoms with van der Waals surface area (Å²) in [5.74, 6) is 2.78. The molecule has 0 bridgehead atoms. The summed E-state index contributed by atoms with van der Waals surface area (Å²) >= 11 is 2.59. The molecular weight excluding hydrogens is 701 g/mol. The normalized spacial score (nSPS) is 11.1. The van der Waals surface area contributed by atoms with Gasteiger partial charge < -0.3 is 35.4 Å². The summed E-state index contributed by atoms with van der Waals surface area (Å²) < 4.78 is 21.9. The number of aryl methyl sites for hydroxylation is 3. The topological polar surface area (TPSA) is 178 Å². The molecule has 0 radical (unpaired) electrons. The fraction of sp³-hybridized carbons (Fsp3) is 0.237. The van der Waals surface area contributed by atoms with Gasteiger partial charge in [0, 0.05) is 28.3 Å². The van der Waals surface area contributed by atoms with Gasteiger partial charge in [0.15, 0.2) is 23.0 Å². The number of carbonyl (C=O) groups excluding carboxylic acids is 1. The monoisotopic (exact) mass is 738 g/mol. The number of aromatic amines is 1. The number of nitrogens with two attached hydrogens (primary N) is 2. The molecule has 14 heteroatoms. The highest BCUT2D eigenvalue weighted by Crippen LogP contribution is 2.39. The Bertz CT molecular complexity index is 2540. The van der Waals surface area contributed by atoms with E-state index in [1.807, 2.05) is 62.4 Å². The van der Waals surface area contributed by atoms with Crippen molar-refractivity contribution in [2.75, 3.05) is 34.2 Å². The lowest BCUT2D eigenvalue weighted by molar-refractivity contribution is 0.100. The maximum absolute atomic E-state index is 12.5. The fourth-order valence-corrected chi connectivity index (χ4v) is 8.12. The van der Waals surface area contributed by atoms with Crippen LogP contribution in [0.5, 0.6) is 23.0 Å². The summed E-state index contributed by atoms with van der Waals surface area (Å²) in [7, 11) is 6.40. The Balaban J connectivity index is 0.000000181. The molecule has 0 aliphatic rings. The number of hydrogen-bond donors (Lipinski definition) is 3. The van der Waals surface area contributed by atoms with Crippen LogP contribution in [0.3, 0.4) is 0 Å². The van der Waals surface area contributed by atoms with Crippen molar-refractivity contribution in [2.24, 2.45) is 5.73 Å². The summed E-state index contributed by atoms with van der Waals surface area (Å²) in [6, 6.07) is 15.3. The molecule has 7 aromatic rings. The van der Waals surface area contributed by atoms with Crippen molar-refractivity contribution in [1.29, 1.82) is 0 Å². The minimum absolute atomic E-state index is 0.0940. The number of ether oxygens (including phenoxy) is 4. The number of hydrogen-bond acceptors (Lipinski definition) is 12. The van der Waals surface area contributed by atoms with Crippen molar-refractivity contribution in [2.45, 2.75) is 33.6 Å². The minimum atomic E-state index is -0.539. The Hall–Kier alpha value is -5.73. The highest BCUT2D eigenvalue weighted by Gasteiger charge is 2.19. The molecular formula is C38H38N6O6S2. The number of thiophene rings is 2. The first kappa shape index (κ1) is 36.1. The number of pyridine rings is 2. The standard InChI is InChI=1S/C21H21N3O3S.C17H17N3O3S/c1-5-6-16-23-18-17-11(2)9-13(22-21(17)28-19(18)20(25)24-16)12-7-8-14(26-3)15(10-12)27-4;1-8-6-10(9-4-5-11(22-2)12(7-9)23-3)20-17-13(8)14(18)15(24-17)16(19)21/h7-10H,5-6H2,1-4H3,(H,23,24,25);4-7H,18H2,1-3H3,(H2,19,21). The van der Waals surface area contributed by atoms with Crippen molar-refractivity contribution in [3.8, 4) is 45.5 Å². The summed E-state index contributed by atoms with van der Waals surface area (Å²) in [5.41, 5.74) is 17.8. The molecule has 5 aromatic heterocycles. The fourth-order valence-electron chi connectivity index (χ4n) is 6.01. The SMILES string of the molecule is CCCc1nc2c(sc3nc(-c4ccc(OC)c(OC)c4)cc(C)c32)c(=O)[nH]1.COc1ccc(-c2cc(C)c3c(N)c(C(N)=O)sc3n2)cc1OC.